The number of rotatable bonds is 5. The molecule has 1 saturated heterocycles. The van der Waals surface area contributed by atoms with E-state index in [1.165, 1.54) is 5.69 Å². The molecule has 156 valence electrons. The van der Waals surface area contributed by atoms with Gasteiger partial charge in [-0.25, -0.2) is 0 Å². The van der Waals surface area contributed by atoms with Crippen molar-refractivity contribution in [2.24, 2.45) is 0 Å². The van der Waals surface area contributed by atoms with E-state index in [0.29, 0.717) is 6.54 Å². The number of nitrogens with zero attached hydrogens (tertiary/aromatic N) is 3. The van der Waals surface area contributed by atoms with Crippen LogP contribution < -0.4 is 10.2 Å². The molecule has 2 heterocycles. The molecule has 5 rings (SSSR count). The number of aromatic nitrogens is 1. The number of benzene rings is 3. The van der Waals surface area contributed by atoms with Crippen LogP contribution in [0.1, 0.15) is 10.4 Å². The number of carbonyl (C=O) groups is 1. The summed E-state index contributed by atoms with van der Waals surface area (Å²) in [5.41, 5.74) is 2.00. The zero-order valence-electron chi connectivity index (χ0n) is 17.5. The highest BCUT2D eigenvalue weighted by Gasteiger charge is 2.18. The van der Waals surface area contributed by atoms with Gasteiger partial charge in [-0.15, -0.1) is 0 Å². The van der Waals surface area contributed by atoms with Gasteiger partial charge in [-0.1, -0.05) is 48.5 Å². The summed E-state index contributed by atoms with van der Waals surface area (Å²) in [4.78, 5) is 22.1. The predicted octanol–water partition coefficient (Wildman–Crippen LogP) is 3.94. The fraction of sp³-hybridized carbons (Fsp3) is 0.231. The molecule has 0 spiro atoms. The van der Waals surface area contributed by atoms with Gasteiger partial charge in [0.2, 0.25) is 0 Å². The third-order valence-corrected chi connectivity index (χ3v) is 6.11. The zero-order chi connectivity index (χ0) is 21.0. The van der Waals surface area contributed by atoms with Crippen LogP contribution in [0.2, 0.25) is 0 Å². The summed E-state index contributed by atoms with van der Waals surface area (Å²) in [6.07, 6.45) is 3.68. The maximum atomic E-state index is 13.2. The van der Waals surface area contributed by atoms with Crippen molar-refractivity contribution in [3.63, 3.8) is 0 Å². The number of nitrogens with one attached hydrogen (secondary N) is 1. The van der Waals surface area contributed by atoms with Crippen LogP contribution >= 0.6 is 0 Å². The summed E-state index contributed by atoms with van der Waals surface area (Å²) in [7, 11) is 0. The van der Waals surface area contributed by atoms with E-state index in [1.54, 1.807) is 0 Å². The molecule has 0 unspecified atom stereocenters. The van der Waals surface area contributed by atoms with E-state index in [0.717, 1.165) is 59.8 Å². The van der Waals surface area contributed by atoms with Crippen LogP contribution in [-0.4, -0.2) is 55.1 Å². The van der Waals surface area contributed by atoms with Gasteiger partial charge < -0.3 is 10.2 Å². The molecule has 1 aliphatic heterocycles. The zero-order valence-corrected chi connectivity index (χ0v) is 17.5. The molecule has 5 heteroatoms. The Morgan fingerprint density at radius 3 is 2.10 bits per heavy atom. The van der Waals surface area contributed by atoms with Crippen molar-refractivity contribution in [1.82, 2.24) is 15.2 Å². The van der Waals surface area contributed by atoms with Crippen molar-refractivity contribution in [3.05, 3.63) is 84.7 Å². The lowest BCUT2D eigenvalue weighted by Gasteiger charge is -2.36. The summed E-state index contributed by atoms with van der Waals surface area (Å²) in [5, 5.41) is 7.37. The van der Waals surface area contributed by atoms with E-state index in [2.05, 4.69) is 50.4 Å². The van der Waals surface area contributed by atoms with E-state index in [1.807, 2.05) is 48.8 Å². The van der Waals surface area contributed by atoms with E-state index in [9.17, 15) is 4.79 Å². The van der Waals surface area contributed by atoms with Crippen LogP contribution in [0.3, 0.4) is 0 Å². The number of anilines is 1. The quantitative estimate of drug-likeness (QED) is 0.507. The maximum absolute atomic E-state index is 13.2. The normalized spacial score (nSPS) is 14.8. The Bertz CT molecular complexity index is 1150. The van der Waals surface area contributed by atoms with Gasteiger partial charge in [-0.3, -0.25) is 14.7 Å². The molecular formula is C26H26N4O. The highest BCUT2D eigenvalue weighted by molar-refractivity contribution is 6.18. The highest BCUT2D eigenvalue weighted by Crippen LogP contribution is 2.28. The summed E-state index contributed by atoms with van der Waals surface area (Å²) in [6.45, 7) is 5.48. The number of amides is 1. The average Bonchev–Trinajstić information content (AvgIpc) is 2.83. The minimum absolute atomic E-state index is 0.00317. The van der Waals surface area contributed by atoms with Crippen LogP contribution in [0.4, 0.5) is 5.69 Å². The molecule has 0 bridgehead atoms. The second kappa shape index (κ2) is 8.74. The molecule has 0 radical (unpaired) electrons. The van der Waals surface area contributed by atoms with Crippen molar-refractivity contribution in [2.75, 3.05) is 44.2 Å². The number of piperazine rings is 1. The second-order valence-electron chi connectivity index (χ2n) is 7.98. The van der Waals surface area contributed by atoms with Gasteiger partial charge in [0.1, 0.15) is 0 Å². The molecule has 1 N–H and O–H groups in total. The number of hydrogen-bond donors (Lipinski definition) is 1. The summed E-state index contributed by atoms with van der Waals surface area (Å²) >= 11 is 0. The van der Waals surface area contributed by atoms with Crippen molar-refractivity contribution >= 4 is 33.1 Å². The molecule has 5 nitrogen and oxygen atoms in total. The van der Waals surface area contributed by atoms with Crippen molar-refractivity contribution in [2.45, 2.75) is 0 Å². The Hall–Kier alpha value is -3.44. The molecule has 31 heavy (non-hydrogen) atoms. The number of fused-ring (bicyclic) bond motifs is 2. The van der Waals surface area contributed by atoms with Crippen LogP contribution in [0.25, 0.3) is 21.5 Å². The molecule has 1 fully saturated rings. The fourth-order valence-electron chi connectivity index (χ4n) is 4.46. The van der Waals surface area contributed by atoms with E-state index >= 15 is 0 Å². The second-order valence-corrected chi connectivity index (χ2v) is 7.98. The lowest BCUT2D eigenvalue weighted by Crippen LogP contribution is -2.48. The Morgan fingerprint density at radius 2 is 1.45 bits per heavy atom. The molecule has 0 saturated carbocycles. The molecule has 4 aromatic rings. The maximum Gasteiger partial charge on any atom is 0.252 e. The van der Waals surface area contributed by atoms with Gasteiger partial charge in [0.25, 0.3) is 5.91 Å². The fourth-order valence-corrected chi connectivity index (χ4v) is 4.46. The molecule has 0 atom stereocenters. The standard InChI is InChI=1S/C26H26N4O/c31-26(25-23-7-3-1-5-20(23)19-21-6-2-4-8-24(21)25)28-13-14-29-15-17-30(18-16-29)22-9-11-27-12-10-22/h1-12,19H,13-18H2,(H,28,31). The lowest BCUT2D eigenvalue weighted by molar-refractivity contribution is 0.0951. The number of pyridine rings is 1. The van der Waals surface area contributed by atoms with Gasteiger partial charge in [0.05, 0.1) is 5.56 Å². The van der Waals surface area contributed by atoms with Crippen LogP contribution in [0.15, 0.2) is 79.1 Å². The van der Waals surface area contributed by atoms with Crippen molar-refractivity contribution in [1.29, 1.82) is 0 Å². The molecular weight excluding hydrogens is 384 g/mol. The molecule has 1 aromatic heterocycles. The minimum Gasteiger partial charge on any atom is -0.369 e. The van der Waals surface area contributed by atoms with E-state index in [-0.39, 0.29) is 5.91 Å². The average molecular weight is 411 g/mol. The van der Waals surface area contributed by atoms with Crippen LogP contribution in [-0.2, 0) is 0 Å². The first kappa shape index (κ1) is 19.5. The van der Waals surface area contributed by atoms with Crippen molar-refractivity contribution < 1.29 is 4.79 Å². The van der Waals surface area contributed by atoms with Gasteiger partial charge in [-0.05, 0) is 39.7 Å². The predicted molar refractivity (Wildman–Crippen MR) is 127 cm³/mol. The Morgan fingerprint density at radius 1 is 0.839 bits per heavy atom. The van der Waals surface area contributed by atoms with E-state index in [4.69, 9.17) is 0 Å². The molecule has 1 amide bonds. The first-order valence-corrected chi connectivity index (χ1v) is 10.9. The lowest BCUT2D eigenvalue weighted by atomic mass is 9.96. The molecule has 3 aromatic carbocycles. The topological polar surface area (TPSA) is 48.5 Å². The van der Waals surface area contributed by atoms with E-state index < -0.39 is 0 Å². The van der Waals surface area contributed by atoms with Gasteiger partial charge in [0, 0.05) is 57.3 Å². The third-order valence-electron chi connectivity index (χ3n) is 6.11. The highest BCUT2D eigenvalue weighted by atomic mass is 16.1. The largest absolute Gasteiger partial charge is 0.369 e. The first-order chi connectivity index (χ1) is 15.3. The van der Waals surface area contributed by atoms with Gasteiger partial charge >= 0.3 is 0 Å². The Balaban J connectivity index is 1.24. The number of carbonyl (C=O) groups excluding carboxylic acids is 1. The minimum atomic E-state index is 0.00317. The summed E-state index contributed by atoms with van der Waals surface area (Å²) < 4.78 is 0. The van der Waals surface area contributed by atoms with Gasteiger partial charge in [0.15, 0.2) is 0 Å². The monoisotopic (exact) mass is 410 g/mol. The first-order valence-electron chi connectivity index (χ1n) is 10.9. The Kier molecular flexibility index (Phi) is 5.50. The molecule has 0 aliphatic carbocycles. The Labute approximate surface area is 182 Å². The smallest absolute Gasteiger partial charge is 0.252 e. The summed E-state index contributed by atoms with van der Waals surface area (Å²) in [6, 6.07) is 22.5. The van der Waals surface area contributed by atoms with Crippen LogP contribution in [0, 0.1) is 0 Å². The van der Waals surface area contributed by atoms with Crippen molar-refractivity contribution in [3.8, 4) is 0 Å². The number of hydrogen-bond acceptors (Lipinski definition) is 4. The SMILES string of the molecule is O=C(NCCN1CCN(c2ccncc2)CC1)c1c2ccccc2cc2ccccc12. The van der Waals surface area contributed by atoms with Gasteiger partial charge in [-0.2, -0.15) is 0 Å². The van der Waals surface area contributed by atoms with Crippen LogP contribution in [0.5, 0.6) is 0 Å². The third kappa shape index (κ3) is 4.09. The molecule has 1 aliphatic rings. The summed E-state index contributed by atoms with van der Waals surface area (Å²) in [5.74, 6) is 0.00317.